The van der Waals surface area contributed by atoms with E-state index in [-0.39, 0.29) is 12.0 Å². The second kappa shape index (κ2) is 7.84. The second-order valence-electron chi connectivity index (χ2n) is 3.93. The molecular weight excluding hydrogens is 302 g/mol. The average Bonchev–Trinajstić information content (AvgIpc) is 2.72. The first-order chi connectivity index (χ1) is 8.11. The van der Waals surface area contributed by atoms with Crippen molar-refractivity contribution in [2.24, 2.45) is 0 Å². The van der Waals surface area contributed by atoms with Gasteiger partial charge >= 0.3 is 0 Å². The van der Waals surface area contributed by atoms with Crippen LogP contribution in [0.2, 0.25) is 0 Å². The Kier molecular flexibility index (Phi) is 6.77. The van der Waals surface area contributed by atoms with Crippen molar-refractivity contribution >= 4 is 33.2 Å². The smallest absolute Gasteiger partial charge is 0.220 e. The minimum atomic E-state index is -0.302. The van der Waals surface area contributed by atoms with Gasteiger partial charge in [-0.3, -0.25) is 4.79 Å². The number of thiophene rings is 1. The van der Waals surface area contributed by atoms with Gasteiger partial charge in [-0.25, -0.2) is 0 Å². The molecule has 0 radical (unpaired) electrons. The molecule has 96 valence electrons. The van der Waals surface area contributed by atoms with Gasteiger partial charge in [-0.15, -0.1) is 11.3 Å². The topological polar surface area (TPSA) is 49.3 Å². The van der Waals surface area contributed by atoms with Crippen molar-refractivity contribution < 1.29 is 9.90 Å². The SMILES string of the molecule is CCC(O)CCNC(=O)CCc1cc(Br)cs1. The first kappa shape index (κ1) is 14.7. The zero-order chi connectivity index (χ0) is 12.7. The van der Waals surface area contributed by atoms with Crippen LogP contribution >= 0.6 is 27.3 Å². The first-order valence-corrected chi connectivity index (χ1v) is 7.46. The summed E-state index contributed by atoms with van der Waals surface area (Å²) < 4.78 is 1.07. The zero-order valence-corrected chi connectivity index (χ0v) is 12.3. The molecule has 0 saturated carbocycles. The molecule has 0 aliphatic heterocycles. The summed E-state index contributed by atoms with van der Waals surface area (Å²) in [6, 6.07) is 2.04. The molecule has 1 aromatic rings. The molecule has 1 atom stereocenters. The fourth-order valence-electron chi connectivity index (χ4n) is 1.39. The Labute approximate surface area is 114 Å². The molecule has 0 spiro atoms. The third-order valence-corrected chi connectivity index (χ3v) is 4.25. The van der Waals surface area contributed by atoms with E-state index < -0.39 is 0 Å². The summed E-state index contributed by atoms with van der Waals surface area (Å²) in [7, 11) is 0. The van der Waals surface area contributed by atoms with Crippen molar-refractivity contribution in [3.05, 3.63) is 20.8 Å². The van der Waals surface area contributed by atoms with Crippen LogP contribution in [-0.2, 0) is 11.2 Å². The number of halogens is 1. The van der Waals surface area contributed by atoms with E-state index in [9.17, 15) is 9.90 Å². The van der Waals surface area contributed by atoms with Crippen LogP contribution in [0.4, 0.5) is 0 Å². The van der Waals surface area contributed by atoms with Crippen molar-refractivity contribution in [3.8, 4) is 0 Å². The van der Waals surface area contributed by atoms with Crippen molar-refractivity contribution in [2.45, 2.75) is 38.7 Å². The van der Waals surface area contributed by atoms with E-state index in [0.717, 1.165) is 17.3 Å². The van der Waals surface area contributed by atoms with Gasteiger partial charge in [-0.05, 0) is 41.3 Å². The molecule has 1 heterocycles. The monoisotopic (exact) mass is 319 g/mol. The standard InChI is InChI=1S/C12H18BrNO2S/c1-2-10(15)5-6-14-12(16)4-3-11-7-9(13)8-17-11/h7-8,10,15H,2-6H2,1H3,(H,14,16). The maximum atomic E-state index is 11.5. The van der Waals surface area contributed by atoms with E-state index in [1.54, 1.807) is 11.3 Å². The van der Waals surface area contributed by atoms with Gasteiger partial charge in [0.25, 0.3) is 0 Å². The average molecular weight is 320 g/mol. The normalized spacial score (nSPS) is 12.4. The highest BCUT2D eigenvalue weighted by Gasteiger charge is 2.05. The molecular formula is C12H18BrNO2S. The van der Waals surface area contributed by atoms with Crippen LogP contribution in [0.15, 0.2) is 15.9 Å². The Bertz CT molecular complexity index is 354. The van der Waals surface area contributed by atoms with E-state index in [4.69, 9.17) is 0 Å². The number of aliphatic hydroxyl groups excluding tert-OH is 1. The van der Waals surface area contributed by atoms with Gasteiger partial charge in [0.15, 0.2) is 0 Å². The maximum absolute atomic E-state index is 11.5. The van der Waals surface area contributed by atoms with Crippen LogP contribution in [0.3, 0.4) is 0 Å². The van der Waals surface area contributed by atoms with Gasteiger partial charge in [0.1, 0.15) is 0 Å². The lowest BCUT2D eigenvalue weighted by atomic mass is 10.2. The zero-order valence-electron chi connectivity index (χ0n) is 9.91. The predicted molar refractivity (Wildman–Crippen MR) is 74.3 cm³/mol. The minimum absolute atomic E-state index is 0.0535. The highest BCUT2D eigenvalue weighted by molar-refractivity contribution is 9.10. The number of nitrogens with one attached hydrogen (secondary N) is 1. The van der Waals surface area contributed by atoms with Crippen molar-refractivity contribution in [2.75, 3.05) is 6.54 Å². The third-order valence-electron chi connectivity index (χ3n) is 2.49. The van der Waals surface area contributed by atoms with E-state index in [1.807, 2.05) is 18.4 Å². The largest absolute Gasteiger partial charge is 0.393 e. The van der Waals surface area contributed by atoms with Gasteiger partial charge in [0.05, 0.1) is 6.10 Å². The van der Waals surface area contributed by atoms with Gasteiger partial charge in [0.2, 0.25) is 5.91 Å². The third kappa shape index (κ3) is 6.19. The summed E-state index contributed by atoms with van der Waals surface area (Å²) in [5.41, 5.74) is 0. The Morgan fingerprint density at radius 2 is 2.41 bits per heavy atom. The molecule has 5 heteroatoms. The lowest BCUT2D eigenvalue weighted by Gasteiger charge is -2.08. The molecule has 0 fully saturated rings. The number of aryl methyl sites for hydroxylation is 1. The second-order valence-corrected chi connectivity index (χ2v) is 5.84. The summed E-state index contributed by atoms with van der Waals surface area (Å²) in [6.07, 6.45) is 2.35. The number of aliphatic hydroxyl groups is 1. The summed E-state index contributed by atoms with van der Waals surface area (Å²) in [5.74, 6) is 0.0535. The molecule has 1 unspecified atom stereocenters. The Morgan fingerprint density at radius 3 is 3.00 bits per heavy atom. The number of carbonyl (C=O) groups excluding carboxylic acids is 1. The molecule has 1 amide bonds. The Morgan fingerprint density at radius 1 is 1.65 bits per heavy atom. The summed E-state index contributed by atoms with van der Waals surface area (Å²) >= 11 is 5.04. The Balaban J connectivity index is 2.13. The number of hydrogen-bond acceptors (Lipinski definition) is 3. The highest BCUT2D eigenvalue weighted by atomic mass is 79.9. The van der Waals surface area contributed by atoms with Crippen LogP contribution in [0.5, 0.6) is 0 Å². The number of rotatable bonds is 7. The molecule has 0 bridgehead atoms. The number of carbonyl (C=O) groups is 1. The quantitative estimate of drug-likeness (QED) is 0.811. The molecule has 0 aromatic carbocycles. The van der Waals surface area contributed by atoms with E-state index in [1.165, 1.54) is 4.88 Å². The van der Waals surface area contributed by atoms with Crippen LogP contribution in [0.1, 0.15) is 31.1 Å². The lowest BCUT2D eigenvalue weighted by Crippen LogP contribution is -2.27. The summed E-state index contributed by atoms with van der Waals surface area (Å²) in [6.45, 7) is 2.49. The predicted octanol–water partition coefficient (Wildman–Crippen LogP) is 2.72. The molecule has 0 aliphatic carbocycles. The van der Waals surface area contributed by atoms with Crippen LogP contribution in [-0.4, -0.2) is 23.7 Å². The maximum Gasteiger partial charge on any atom is 0.220 e. The molecule has 0 aliphatic rings. The van der Waals surface area contributed by atoms with Crippen LogP contribution in [0.25, 0.3) is 0 Å². The number of hydrogen-bond donors (Lipinski definition) is 2. The van der Waals surface area contributed by atoms with Crippen LogP contribution in [0, 0.1) is 0 Å². The molecule has 1 aromatic heterocycles. The fraction of sp³-hybridized carbons (Fsp3) is 0.583. The fourth-order valence-corrected chi connectivity index (χ4v) is 2.85. The molecule has 17 heavy (non-hydrogen) atoms. The van der Waals surface area contributed by atoms with Gasteiger partial charge in [-0.2, -0.15) is 0 Å². The Hall–Kier alpha value is -0.390. The summed E-state index contributed by atoms with van der Waals surface area (Å²) in [5, 5.41) is 14.2. The van der Waals surface area contributed by atoms with Gasteiger partial charge in [0, 0.05) is 27.7 Å². The van der Waals surface area contributed by atoms with Crippen molar-refractivity contribution in [1.29, 1.82) is 0 Å². The minimum Gasteiger partial charge on any atom is -0.393 e. The van der Waals surface area contributed by atoms with Gasteiger partial charge < -0.3 is 10.4 Å². The molecule has 3 nitrogen and oxygen atoms in total. The molecule has 2 N–H and O–H groups in total. The van der Waals surface area contributed by atoms with Crippen molar-refractivity contribution in [1.82, 2.24) is 5.32 Å². The highest BCUT2D eigenvalue weighted by Crippen LogP contribution is 2.20. The van der Waals surface area contributed by atoms with Crippen LogP contribution < -0.4 is 5.32 Å². The van der Waals surface area contributed by atoms with E-state index >= 15 is 0 Å². The molecule has 0 saturated heterocycles. The summed E-state index contributed by atoms with van der Waals surface area (Å²) in [4.78, 5) is 12.7. The molecule has 1 rings (SSSR count). The van der Waals surface area contributed by atoms with Crippen molar-refractivity contribution in [3.63, 3.8) is 0 Å². The lowest BCUT2D eigenvalue weighted by molar-refractivity contribution is -0.121. The number of amides is 1. The first-order valence-electron chi connectivity index (χ1n) is 5.79. The van der Waals surface area contributed by atoms with E-state index in [2.05, 4.69) is 21.2 Å². The van der Waals surface area contributed by atoms with Gasteiger partial charge in [-0.1, -0.05) is 6.92 Å². The van der Waals surface area contributed by atoms with E-state index in [0.29, 0.717) is 19.4 Å².